The van der Waals surface area contributed by atoms with Crippen molar-refractivity contribution in [2.45, 2.75) is 12.8 Å². The first-order valence-electron chi connectivity index (χ1n) is 10.3. The van der Waals surface area contributed by atoms with E-state index in [2.05, 4.69) is 41.1 Å². The van der Waals surface area contributed by atoms with Crippen LogP contribution in [0.4, 0.5) is 4.39 Å². The Kier molecular flexibility index (Phi) is 5.92. The Bertz CT molecular complexity index is 1080. The number of likely N-dealkylation sites (tertiary alicyclic amines) is 1. The predicted octanol–water partition coefficient (Wildman–Crippen LogP) is 4.72. The Morgan fingerprint density at radius 1 is 1.10 bits per heavy atom. The van der Waals surface area contributed by atoms with Crippen LogP contribution in [-0.4, -0.2) is 48.8 Å². The summed E-state index contributed by atoms with van der Waals surface area (Å²) in [6.45, 7) is 0.799. The minimum atomic E-state index is -0.684. The molecular formula is C25H25FN2O2S. The van der Waals surface area contributed by atoms with Crippen LogP contribution < -0.4 is 0 Å². The number of hydrogen-bond acceptors (Lipinski definition) is 3. The van der Waals surface area contributed by atoms with E-state index < -0.39 is 11.2 Å². The molecule has 0 N–H and O–H groups in total. The van der Waals surface area contributed by atoms with Gasteiger partial charge in [0.05, 0.1) is 5.41 Å². The first-order chi connectivity index (χ1) is 14.9. The van der Waals surface area contributed by atoms with Gasteiger partial charge in [-0.25, -0.2) is 4.39 Å². The smallest absolute Gasteiger partial charge is 0.253 e. The van der Waals surface area contributed by atoms with Crippen LogP contribution in [0, 0.1) is 11.2 Å². The molecule has 0 aliphatic carbocycles. The van der Waals surface area contributed by atoms with Gasteiger partial charge in [-0.2, -0.15) is 11.3 Å². The Morgan fingerprint density at radius 2 is 1.87 bits per heavy atom. The lowest BCUT2D eigenvalue weighted by molar-refractivity contribution is -0.138. The molecule has 0 unspecified atom stereocenters. The van der Waals surface area contributed by atoms with Crippen LogP contribution in [0.5, 0.6) is 0 Å². The molecule has 160 valence electrons. The lowest BCUT2D eigenvalue weighted by Crippen LogP contribution is -2.44. The van der Waals surface area contributed by atoms with Gasteiger partial charge >= 0.3 is 0 Å². The maximum absolute atomic E-state index is 13.6. The number of halogens is 1. The van der Waals surface area contributed by atoms with Crippen LogP contribution in [0.2, 0.25) is 0 Å². The molecule has 1 aliphatic heterocycles. The third kappa shape index (κ3) is 4.39. The molecule has 1 aliphatic rings. The zero-order valence-electron chi connectivity index (χ0n) is 17.7. The van der Waals surface area contributed by atoms with Crippen LogP contribution in [0.25, 0.3) is 11.1 Å². The molecule has 0 saturated carbocycles. The van der Waals surface area contributed by atoms with Crippen molar-refractivity contribution in [3.05, 3.63) is 82.3 Å². The van der Waals surface area contributed by atoms with E-state index in [1.54, 1.807) is 41.3 Å². The second kappa shape index (κ2) is 8.63. The Hall–Kier alpha value is -2.99. The predicted molar refractivity (Wildman–Crippen MR) is 122 cm³/mol. The van der Waals surface area contributed by atoms with E-state index in [0.29, 0.717) is 31.5 Å². The highest BCUT2D eigenvalue weighted by molar-refractivity contribution is 7.08. The molecule has 1 aromatic heterocycles. The summed E-state index contributed by atoms with van der Waals surface area (Å²) in [6.07, 6.45) is 1.14. The number of carbonyl (C=O) groups excluding carboxylic acids is 2. The Labute approximate surface area is 185 Å². The van der Waals surface area contributed by atoms with Crippen LogP contribution in [-0.2, 0) is 11.2 Å². The fourth-order valence-electron chi connectivity index (χ4n) is 4.35. The van der Waals surface area contributed by atoms with Crippen LogP contribution >= 0.6 is 11.3 Å². The first-order valence-corrected chi connectivity index (χ1v) is 11.2. The SMILES string of the molecule is CN(C)C(=O)[C@]1(Cc2ccc(-c3ccsc3)cc2)CCN(C(=O)c2cccc(F)c2)C1. The van der Waals surface area contributed by atoms with E-state index in [-0.39, 0.29) is 11.8 Å². The normalized spacial score (nSPS) is 18.2. The van der Waals surface area contributed by atoms with Crippen molar-refractivity contribution < 1.29 is 14.0 Å². The van der Waals surface area contributed by atoms with Crippen molar-refractivity contribution in [2.75, 3.05) is 27.2 Å². The molecule has 0 bridgehead atoms. The van der Waals surface area contributed by atoms with Gasteiger partial charge in [-0.1, -0.05) is 30.3 Å². The fraction of sp³-hybridized carbons (Fsp3) is 0.280. The minimum Gasteiger partial charge on any atom is -0.348 e. The highest BCUT2D eigenvalue weighted by Gasteiger charge is 2.46. The standard InChI is InChI=1S/C25H25FN2O2S/c1-27(2)24(30)25(15-18-6-8-19(9-7-18)21-10-13-31-16-21)11-12-28(17-25)23(29)20-4-3-5-22(26)14-20/h3-10,13-14,16H,11-12,15,17H2,1-2H3/t25-/m0/s1. The van der Waals surface area contributed by atoms with Crippen molar-refractivity contribution in [1.82, 2.24) is 9.80 Å². The average molecular weight is 437 g/mol. The molecule has 1 fully saturated rings. The van der Waals surface area contributed by atoms with Crippen LogP contribution in [0.1, 0.15) is 22.3 Å². The second-order valence-electron chi connectivity index (χ2n) is 8.35. The molecule has 31 heavy (non-hydrogen) atoms. The summed E-state index contributed by atoms with van der Waals surface area (Å²) in [4.78, 5) is 29.4. The highest BCUT2D eigenvalue weighted by Crippen LogP contribution is 2.37. The maximum atomic E-state index is 13.6. The van der Waals surface area contributed by atoms with E-state index >= 15 is 0 Å². The number of amides is 2. The molecule has 2 heterocycles. The summed E-state index contributed by atoms with van der Waals surface area (Å²) >= 11 is 1.66. The van der Waals surface area contributed by atoms with Crippen molar-refractivity contribution >= 4 is 23.2 Å². The average Bonchev–Trinajstić information content (AvgIpc) is 3.44. The van der Waals surface area contributed by atoms with Gasteiger partial charge in [0.2, 0.25) is 5.91 Å². The van der Waals surface area contributed by atoms with Gasteiger partial charge in [0, 0.05) is 32.7 Å². The molecule has 0 radical (unpaired) electrons. The topological polar surface area (TPSA) is 40.6 Å². The summed E-state index contributed by atoms with van der Waals surface area (Å²) in [7, 11) is 3.50. The Morgan fingerprint density at radius 3 is 2.52 bits per heavy atom. The molecule has 3 aromatic rings. The summed E-state index contributed by atoms with van der Waals surface area (Å²) in [5.74, 6) is -0.656. The molecule has 6 heteroatoms. The van der Waals surface area contributed by atoms with Crippen LogP contribution in [0.15, 0.2) is 65.4 Å². The first kappa shape index (κ1) is 21.2. The minimum absolute atomic E-state index is 0.0175. The summed E-state index contributed by atoms with van der Waals surface area (Å²) in [5, 5.41) is 4.16. The molecule has 1 saturated heterocycles. The third-order valence-corrected chi connectivity index (χ3v) is 6.61. The van der Waals surface area contributed by atoms with Gasteiger partial charge in [0.25, 0.3) is 5.91 Å². The number of nitrogens with zero attached hydrogens (tertiary/aromatic N) is 2. The number of benzene rings is 2. The molecule has 2 amide bonds. The lowest BCUT2D eigenvalue weighted by atomic mass is 9.79. The van der Waals surface area contributed by atoms with Gasteiger partial charge in [-0.05, 0) is 64.6 Å². The van der Waals surface area contributed by atoms with Gasteiger partial charge in [0.15, 0.2) is 0 Å². The van der Waals surface area contributed by atoms with Gasteiger partial charge in [-0.15, -0.1) is 0 Å². The van der Waals surface area contributed by atoms with E-state index in [0.717, 1.165) is 11.1 Å². The largest absolute Gasteiger partial charge is 0.348 e. The van der Waals surface area contributed by atoms with Gasteiger partial charge in [0.1, 0.15) is 5.82 Å². The number of rotatable bonds is 5. The molecule has 1 atom stereocenters. The second-order valence-corrected chi connectivity index (χ2v) is 9.13. The lowest BCUT2D eigenvalue weighted by Gasteiger charge is -2.31. The summed E-state index contributed by atoms with van der Waals surface area (Å²) in [6, 6.07) is 16.1. The monoisotopic (exact) mass is 436 g/mol. The van der Waals surface area contributed by atoms with E-state index in [1.807, 2.05) is 0 Å². The number of hydrogen-bond donors (Lipinski definition) is 0. The van der Waals surface area contributed by atoms with E-state index in [4.69, 9.17) is 0 Å². The fourth-order valence-corrected chi connectivity index (χ4v) is 5.02. The van der Waals surface area contributed by atoms with E-state index in [9.17, 15) is 14.0 Å². The number of carbonyl (C=O) groups is 2. The molecule has 4 rings (SSSR count). The number of thiophene rings is 1. The summed E-state index contributed by atoms with van der Waals surface area (Å²) < 4.78 is 13.6. The summed E-state index contributed by atoms with van der Waals surface area (Å²) in [5.41, 5.74) is 3.02. The van der Waals surface area contributed by atoms with Crippen molar-refractivity contribution in [3.8, 4) is 11.1 Å². The molecule has 4 nitrogen and oxygen atoms in total. The van der Waals surface area contributed by atoms with Crippen molar-refractivity contribution in [3.63, 3.8) is 0 Å². The zero-order valence-corrected chi connectivity index (χ0v) is 18.5. The third-order valence-electron chi connectivity index (χ3n) is 5.92. The van der Waals surface area contributed by atoms with Crippen molar-refractivity contribution in [1.29, 1.82) is 0 Å². The maximum Gasteiger partial charge on any atom is 0.253 e. The zero-order chi connectivity index (χ0) is 22.0. The van der Waals surface area contributed by atoms with Gasteiger partial charge < -0.3 is 9.80 Å². The molecular weight excluding hydrogens is 411 g/mol. The van der Waals surface area contributed by atoms with Crippen molar-refractivity contribution in [2.24, 2.45) is 5.41 Å². The molecule has 0 spiro atoms. The highest BCUT2D eigenvalue weighted by atomic mass is 32.1. The van der Waals surface area contributed by atoms with Crippen LogP contribution in [0.3, 0.4) is 0 Å². The van der Waals surface area contributed by atoms with E-state index in [1.165, 1.54) is 23.8 Å². The quantitative estimate of drug-likeness (QED) is 0.581. The molecule has 2 aromatic carbocycles. The van der Waals surface area contributed by atoms with Gasteiger partial charge in [-0.3, -0.25) is 9.59 Å². The Balaban J connectivity index is 1.57.